The number of sulfonamides is 1. The smallest absolute Gasteiger partial charge is 0.326 e. The number of nitrogens with zero attached hydrogens (tertiary/aromatic N) is 1. The Morgan fingerprint density at radius 2 is 1.90 bits per heavy atom. The summed E-state index contributed by atoms with van der Waals surface area (Å²) in [6.07, 6.45) is -5.75. The summed E-state index contributed by atoms with van der Waals surface area (Å²) in [5.41, 5.74) is 5.50. The van der Waals surface area contributed by atoms with Crippen molar-refractivity contribution < 1.29 is 26.0 Å². The number of halogens is 4. The van der Waals surface area contributed by atoms with Gasteiger partial charge < -0.3 is 5.73 Å². The fourth-order valence-corrected chi connectivity index (χ4v) is 2.92. The van der Waals surface area contributed by atoms with E-state index in [2.05, 4.69) is 0 Å². The fourth-order valence-electron chi connectivity index (χ4n) is 1.51. The minimum absolute atomic E-state index is 0.144. The van der Waals surface area contributed by atoms with Gasteiger partial charge in [-0.3, -0.25) is 0 Å². The van der Waals surface area contributed by atoms with E-state index in [9.17, 15) is 26.0 Å². The van der Waals surface area contributed by atoms with Crippen LogP contribution in [-0.4, -0.2) is 32.5 Å². The molecule has 0 aliphatic carbocycles. The molecule has 0 aliphatic rings. The molecule has 0 saturated carbocycles. The van der Waals surface area contributed by atoms with E-state index in [1.165, 1.54) is 6.07 Å². The number of hydrogen-bond acceptors (Lipinski definition) is 3. The number of benzene rings is 1. The topological polar surface area (TPSA) is 63.4 Å². The van der Waals surface area contributed by atoms with Gasteiger partial charge in [0.1, 0.15) is 5.82 Å². The molecule has 0 fully saturated rings. The second-order valence-corrected chi connectivity index (χ2v) is 6.16. The van der Waals surface area contributed by atoms with Crippen LogP contribution in [0.1, 0.15) is 12.0 Å². The third-order valence-corrected chi connectivity index (χ3v) is 4.59. The average molecular weight is 314 g/mol. The molecule has 1 aromatic carbocycles. The molecule has 0 aromatic heterocycles. The van der Waals surface area contributed by atoms with Crippen LogP contribution in [0.3, 0.4) is 0 Å². The zero-order chi connectivity index (χ0) is 15.6. The summed E-state index contributed by atoms with van der Waals surface area (Å²) in [6, 6.07) is 2.98. The third-order valence-electron chi connectivity index (χ3n) is 2.65. The largest absolute Gasteiger partial charge is 0.390 e. The minimum Gasteiger partial charge on any atom is -0.326 e. The SMILES string of the molecule is CN(CCC(F)(F)F)S(=O)(=O)c1cc(F)ccc1CN. The van der Waals surface area contributed by atoms with E-state index in [1.807, 2.05) is 0 Å². The lowest BCUT2D eigenvalue weighted by atomic mass is 10.2. The molecule has 0 spiro atoms. The summed E-state index contributed by atoms with van der Waals surface area (Å²) >= 11 is 0. The first-order valence-corrected chi connectivity index (χ1v) is 7.03. The van der Waals surface area contributed by atoms with Gasteiger partial charge in [-0.25, -0.2) is 17.1 Å². The highest BCUT2D eigenvalue weighted by Gasteiger charge is 2.31. The standard InChI is InChI=1S/C11H14F4N2O2S/c1-17(5-4-11(13,14)15)20(18,19)10-6-9(12)3-2-8(10)7-16/h2-3,6H,4-5,7,16H2,1H3. The van der Waals surface area contributed by atoms with Crippen LogP contribution in [0.4, 0.5) is 17.6 Å². The van der Waals surface area contributed by atoms with Gasteiger partial charge in [0.2, 0.25) is 10.0 Å². The van der Waals surface area contributed by atoms with Crippen LogP contribution in [0.25, 0.3) is 0 Å². The first kappa shape index (κ1) is 16.9. The number of nitrogens with two attached hydrogens (primary N) is 1. The molecular weight excluding hydrogens is 300 g/mol. The normalized spacial score (nSPS) is 12.9. The molecule has 9 heteroatoms. The predicted molar refractivity (Wildman–Crippen MR) is 64.8 cm³/mol. The summed E-state index contributed by atoms with van der Waals surface area (Å²) in [5, 5.41) is 0. The van der Waals surface area contributed by atoms with Gasteiger partial charge in [0, 0.05) is 20.1 Å². The quantitative estimate of drug-likeness (QED) is 0.844. The predicted octanol–water partition coefficient (Wildman–Crippen LogP) is 1.86. The van der Waals surface area contributed by atoms with Crippen molar-refractivity contribution in [1.82, 2.24) is 4.31 Å². The van der Waals surface area contributed by atoms with Crippen LogP contribution in [0, 0.1) is 5.82 Å². The van der Waals surface area contributed by atoms with Gasteiger partial charge in [0.05, 0.1) is 11.3 Å². The van der Waals surface area contributed by atoms with Gasteiger partial charge in [-0.1, -0.05) is 6.07 Å². The first-order valence-electron chi connectivity index (χ1n) is 5.59. The van der Waals surface area contributed by atoms with Crippen LogP contribution in [0.5, 0.6) is 0 Å². The zero-order valence-corrected chi connectivity index (χ0v) is 11.4. The molecule has 0 radical (unpaired) electrons. The van der Waals surface area contributed by atoms with E-state index in [0.717, 1.165) is 19.2 Å². The molecule has 0 unspecified atom stereocenters. The van der Waals surface area contributed by atoms with Crippen molar-refractivity contribution in [2.24, 2.45) is 5.73 Å². The Balaban J connectivity index is 3.07. The first-order chi connectivity index (χ1) is 9.08. The number of rotatable bonds is 5. The summed E-state index contributed by atoms with van der Waals surface area (Å²) in [5.74, 6) is -0.801. The molecule has 20 heavy (non-hydrogen) atoms. The molecule has 0 saturated heterocycles. The molecular formula is C11H14F4N2O2S. The maximum Gasteiger partial charge on any atom is 0.390 e. The molecule has 0 aliphatic heterocycles. The zero-order valence-electron chi connectivity index (χ0n) is 10.6. The van der Waals surface area contributed by atoms with Gasteiger partial charge in [-0.05, 0) is 17.7 Å². The van der Waals surface area contributed by atoms with Gasteiger partial charge in [0.25, 0.3) is 0 Å². The summed E-state index contributed by atoms with van der Waals surface area (Å²) in [6.45, 7) is -0.908. The molecule has 0 bridgehead atoms. The van der Waals surface area contributed by atoms with Crippen molar-refractivity contribution in [2.45, 2.75) is 24.0 Å². The Kier molecular flexibility index (Phi) is 5.11. The van der Waals surface area contributed by atoms with Crippen molar-refractivity contribution >= 4 is 10.0 Å². The van der Waals surface area contributed by atoms with Gasteiger partial charge >= 0.3 is 6.18 Å². The van der Waals surface area contributed by atoms with Crippen LogP contribution in [-0.2, 0) is 16.6 Å². The maximum absolute atomic E-state index is 13.1. The minimum atomic E-state index is -4.47. The Morgan fingerprint density at radius 3 is 2.40 bits per heavy atom. The molecule has 4 nitrogen and oxygen atoms in total. The molecule has 1 rings (SSSR count). The van der Waals surface area contributed by atoms with Crippen molar-refractivity contribution in [2.75, 3.05) is 13.6 Å². The molecule has 1 aromatic rings. The Labute approximate surface area is 114 Å². The third kappa shape index (κ3) is 4.15. The Bertz CT molecular complexity index is 572. The molecule has 2 N–H and O–H groups in total. The van der Waals surface area contributed by atoms with Gasteiger partial charge in [-0.15, -0.1) is 0 Å². The van der Waals surface area contributed by atoms with Crippen LogP contribution in [0.15, 0.2) is 23.1 Å². The van der Waals surface area contributed by atoms with Gasteiger partial charge in [0.15, 0.2) is 0 Å². The van der Waals surface area contributed by atoms with Crippen molar-refractivity contribution in [1.29, 1.82) is 0 Å². The molecule has 0 heterocycles. The van der Waals surface area contributed by atoms with Crippen LogP contribution < -0.4 is 5.73 Å². The second kappa shape index (κ2) is 6.06. The monoisotopic (exact) mass is 314 g/mol. The van der Waals surface area contributed by atoms with E-state index >= 15 is 0 Å². The highest BCUT2D eigenvalue weighted by atomic mass is 32.2. The van der Waals surface area contributed by atoms with Crippen LogP contribution in [0.2, 0.25) is 0 Å². The van der Waals surface area contributed by atoms with Crippen molar-refractivity contribution in [3.05, 3.63) is 29.6 Å². The van der Waals surface area contributed by atoms with E-state index in [0.29, 0.717) is 4.31 Å². The lowest BCUT2D eigenvalue weighted by molar-refractivity contribution is -0.135. The second-order valence-electron chi connectivity index (χ2n) is 4.15. The highest BCUT2D eigenvalue weighted by Crippen LogP contribution is 2.24. The van der Waals surface area contributed by atoms with Crippen LogP contribution >= 0.6 is 0 Å². The van der Waals surface area contributed by atoms with Crippen molar-refractivity contribution in [3.63, 3.8) is 0 Å². The summed E-state index contributed by atoms with van der Waals surface area (Å²) in [7, 11) is -3.21. The Morgan fingerprint density at radius 1 is 1.30 bits per heavy atom. The average Bonchev–Trinajstić information content (AvgIpc) is 2.34. The molecule has 0 atom stereocenters. The number of alkyl halides is 3. The van der Waals surface area contributed by atoms with E-state index in [1.54, 1.807) is 0 Å². The number of hydrogen-bond donors (Lipinski definition) is 1. The van der Waals surface area contributed by atoms with Crippen molar-refractivity contribution in [3.8, 4) is 0 Å². The lowest BCUT2D eigenvalue weighted by Gasteiger charge is -2.19. The fraction of sp³-hybridized carbons (Fsp3) is 0.455. The lowest BCUT2D eigenvalue weighted by Crippen LogP contribution is -2.31. The maximum atomic E-state index is 13.1. The highest BCUT2D eigenvalue weighted by molar-refractivity contribution is 7.89. The van der Waals surface area contributed by atoms with E-state index in [4.69, 9.17) is 5.73 Å². The molecule has 114 valence electrons. The molecule has 0 amide bonds. The summed E-state index contributed by atoms with van der Waals surface area (Å²) < 4.78 is 74.3. The van der Waals surface area contributed by atoms with E-state index in [-0.39, 0.29) is 12.1 Å². The summed E-state index contributed by atoms with van der Waals surface area (Å²) in [4.78, 5) is -0.412. The van der Waals surface area contributed by atoms with E-state index < -0.39 is 39.9 Å². The Hall–Kier alpha value is -1.19. The van der Waals surface area contributed by atoms with Gasteiger partial charge in [-0.2, -0.15) is 13.2 Å².